The first-order valence-electron chi connectivity index (χ1n) is 9.84. The van der Waals surface area contributed by atoms with Crippen LogP contribution in [0.1, 0.15) is 103 Å². The highest BCUT2D eigenvalue weighted by Crippen LogP contribution is 2.16. The van der Waals surface area contributed by atoms with E-state index in [4.69, 9.17) is 4.74 Å². The van der Waals surface area contributed by atoms with Gasteiger partial charge in [0.1, 0.15) is 0 Å². The fraction of sp³-hybridized carbons (Fsp3) is 0.950. The zero-order valence-electron chi connectivity index (χ0n) is 15.9. The van der Waals surface area contributed by atoms with E-state index in [1.54, 1.807) is 0 Å². The largest absolute Gasteiger partial charge is 0.469 e. The number of carbonyl (C=O) groups is 1. The summed E-state index contributed by atoms with van der Waals surface area (Å²) in [5.74, 6) is -0.0841. The molecule has 0 aliphatic rings. The van der Waals surface area contributed by atoms with Crippen molar-refractivity contribution in [2.45, 2.75) is 109 Å². The molecule has 0 N–H and O–H groups in total. The summed E-state index contributed by atoms with van der Waals surface area (Å²) >= 11 is 0. The average molecular weight is 329 g/mol. The molecule has 0 aromatic carbocycles. The maximum Gasteiger partial charge on any atom is 0.305 e. The second kappa shape index (κ2) is 17.8. The lowest BCUT2D eigenvalue weighted by atomic mass is 10.0. The average Bonchev–Trinajstić information content (AvgIpc) is 2.57. The normalized spacial score (nSPS) is 12.3. The van der Waals surface area contributed by atoms with Crippen LogP contribution >= 0.6 is 0 Å². The Bertz CT molecular complexity index is 253. The van der Waals surface area contributed by atoms with E-state index in [0.717, 1.165) is 12.8 Å². The van der Waals surface area contributed by atoms with Gasteiger partial charge < -0.3 is 9.47 Å². The van der Waals surface area contributed by atoms with Crippen LogP contribution in [0.3, 0.4) is 0 Å². The van der Waals surface area contributed by atoms with Gasteiger partial charge in [0.05, 0.1) is 13.2 Å². The third-order valence-electron chi connectivity index (χ3n) is 4.60. The zero-order chi connectivity index (χ0) is 17.2. The molecule has 0 amide bonds. The third kappa shape index (κ3) is 16.1. The third-order valence-corrected chi connectivity index (χ3v) is 4.60. The van der Waals surface area contributed by atoms with Gasteiger partial charge in [-0.05, 0) is 19.3 Å². The van der Waals surface area contributed by atoms with Crippen molar-refractivity contribution in [1.29, 1.82) is 0 Å². The zero-order valence-corrected chi connectivity index (χ0v) is 15.9. The predicted molar refractivity (Wildman–Crippen MR) is 97.7 cm³/mol. The number of methoxy groups -OCH3 is 2. The Hall–Kier alpha value is -0.570. The van der Waals surface area contributed by atoms with E-state index in [-0.39, 0.29) is 5.97 Å². The summed E-state index contributed by atoms with van der Waals surface area (Å²) in [5.41, 5.74) is 0. The number of rotatable bonds is 17. The molecule has 23 heavy (non-hydrogen) atoms. The lowest BCUT2D eigenvalue weighted by Crippen LogP contribution is -2.10. The van der Waals surface area contributed by atoms with Crippen molar-refractivity contribution in [2.24, 2.45) is 0 Å². The second-order valence-electron chi connectivity index (χ2n) is 6.65. The Balaban J connectivity index is 3.36. The van der Waals surface area contributed by atoms with Crippen molar-refractivity contribution in [3.05, 3.63) is 0 Å². The van der Waals surface area contributed by atoms with E-state index in [0.29, 0.717) is 12.5 Å². The molecule has 0 bridgehead atoms. The Morgan fingerprint density at radius 2 is 1.22 bits per heavy atom. The molecule has 0 saturated carbocycles. The van der Waals surface area contributed by atoms with Crippen LogP contribution in [0.25, 0.3) is 0 Å². The van der Waals surface area contributed by atoms with Crippen LogP contribution in [0.2, 0.25) is 0 Å². The Morgan fingerprint density at radius 3 is 1.70 bits per heavy atom. The van der Waals surface area contributed by atoms with E-state index < -0.39 is 0 Å². The lowest BCUT2D eigenvalue weighted by Gasteiger charge is -2.15. The van der Waals surface area contributed by atoms with Crippen LogP contribution in [0.4, 0.5) is 0 Å². The molecule has 1 atom stereocenters. The summed E-state index contributed by atoms with van der Waals surface area (Å²) in [7, 11) is 3.31. The van der Waals surface area contributed by atoms with Crippen molar-refractivity contribution in [1.82, 2.24) is 0 Å². The Morgan fingerprint density at radius 1 is 0.739 bits per heavy atom. The standard InChI is InChI=1S/C20H40O3/c1-4-5-6-7-8-10-13-16-19(22-2)17-14-11-9-12-15-18-20(21)23-3/h19H,4-18H2,1-3H3. The first-order chi connectivity index (χ1) is 11.2. The van der Waals surface area contributed by atoms with E-state index in [1.165, 1.54) is 84.2 Å². The first kappa shape index (κ1) is 22.4. The van der Waals surface area contributed by atoms with Gasteiger partial charge in [0.15, 0.2) is 0 Å². The van der Waals surface area contributed by atoms with Gasteiger partial charge in [-0.25, -0.2) is 0 Å². The molecule has 0 fully saturated rings. The number of carbonyl (C=O) groups excluding carboxylic acids is 1. The number of ether oxygens (including phenoxy) is 2. The highest BCUT2D eigenvalue weighted by Gasteiger charge is 2.07. The summed E-state index contributed by atoms with van der Waals surface area (Å²) < 4.78 is 10.3. The molecular formula is C20H40O3. The van der Waals surface area contributed by atoms with Crippen molar-refractivity contribution < 1.29 is 14.3 Å². The molecule has 0 aliphatic carbocycles. The van der Waals surface area contributed by atoms with E-state index >= 15 is 0 Å². The fourth-order valence-electron chi connectivity index (χ4n) is 2.98. The molecule has 0 heterocycles. The van der Waals surface area contributed by atoms with Crippen molar-refractivity contribution in [3.63, 3.8) is 0 Å². The number of unbranched alkanes of at least 4 members (excludes halogenated alkanes) is 10. The van der Waals surface area contributed by atoms with Crippen LogP contribution in [-0.2, 0) is 14.3 Å². The molecule has 0 spiro atoms. The maximum absolute atomic E-state index is 11.0. The van der Waals surface area contributed by atoms with Gasteiger partial charge in [-0.3, -0.25) is 4.79 Å². The van der Waals surface area contributed by atoms with Crippen molar-refractivity contribution >= 4 is 5.97 Å². The summed E-state index contributed by atoms with van der Waals surface area (Å²) in [4.78, 5) is 11.0. The van der Waals surface area contributed by atoms with Gasteiger partial charge in [0, 0.05) is 13.5 Å². The summed E-state index contributed by atoms with van der Waals surface area (Å²) in [6, 6.07) is 0. The molecule has 0 aliphatic heterocycles. The van der Waals surface area contributed by atoms with Crippen LogP contribution in [0, 0.1) is 0 Å². The minimum atomic E-state index is -0.0841. The van der Waals surface area contributed by atoms with Gasteiger partial charge >= 0.3 is 5.97 Å². The van der Waals surface area contributed by atoms with E-state index in [2.05, 4.69) is 11.7 Å². The van der Waals surface area contributed by atoms with Crippen LogP contribution < -0.4 is 0 Å². The van der Waals surface area contributed by atoms with Crippen LogP contribution in [0.15, 0.2) is 0 Å². The van der Waals surface area contributed by atoms with Crippen LogP contribution in [0.5, 0.6) is 0 Å². The molecule has 3 heteroatoms. The van der Waals surface area contributed by atoms with E-state index in [1.807, 2.05) is 7.11 Å². The first-order valence-corrected chi connectivity index (χ1v) is 9.84. The molecule has 138 valence electrons. The molecular weight excluding hydrogens is 288 g/mol. The molecule has 0 radical (unpaired) electrons. The molecule has 0 saturated heterocycles. The number of esters is 1. The highest BCUT2D eigenvalue weighted by molar-refractivity contribution is 5.68. The fourth-order valence-corrected chi connectivity index (χ4v) is 2.98. The highest BCUT2D eigenvalue weighted by atomic mass is 16.5. The Kier molecular flexibility index (Phi) is 17.3. The monoisotopic (exact) mass is 328 g/mol. The maximum atomic E-state index is 11.0. The van der Waals surface area contributed by atoms with Gasteiger partial charge in [0.2, 0.25) is 0 Å². The summed E-state index contributed by atoms with van der Waals surface area (Å²) in [6.07, 6.45) is 18.8. The molecule has 1 unspecified atom stereocenters. The minimum Gasteiger partial charge on any atom is -0.469 e. The smallest absolute Gasteiger partial charge is 0.305 e. The van der Waals surface area contributed by atoms with E-state index in [9.17, 15) is 4.79 Å². The minimum absolute atomic E-state index is 0.0841. The van der Waals surface area contributed by atoms with Gasteiger partial charge in [-0.2, -0.15) is 0 Å². The molecule has 3 nitrogen and oxygen atoms in total. The lowest BCUT2D eigenvalue weighted by molar-refractivity contribution is -0.140. The van der Waals surface area contributed by atoms with Gasteiger partial charge in [0.25, 0.3) is 0 Å². The Labute approximate surface area is 144 Å². The molecule has 0 rings (SSSR count). The van der Waals surface area contributed by atoms with Crippen molar-refractivity contribution in [2.75, 3.05) is 14.2 Å². The molecule has 0 aromatic heterocycles. The number of hydrogen-bond acceptors (Lipinski definition) is 3. The van der Waals surface area contributed by atoms with Gasteiger partial charge in [-0.15, -0.1) is 0 Å². The van der Waals surface area contributed by atoms with Crippen molar-refractivity contribution in [3.8, 4) is 0 Å². The summed E-state index contributed by atoms with van der Waals surface area (Å²) in [6.45, 7) is 2.27. The quantitative estimate of drug-likeness (QED) is 0.241. The summed E-state index contributed by atoms with van der Waals surface area (Å²) in [5, 5.41) is 0. The SMILES string of the molecule is CCCCCCCCCC(CCCCCCCC(=O)OC)OC. The van der Waals surface area contributed by atoms with Crippen LogP contribution in [-0.4, -0.2) is 26.3 Å². The molecule has 0 aromatic rings. The van der Waals surface area contributed by atoms with Gasteiger partial charge in [-0.1, -0.05) is 77.6 Å². The second-order valence-corrected chi connectivity index (χ2v) is 6.65. The topological polar surface area (TPSA) is 35.5 Å². The number of hydrogen-bond donors (Lipinski definition) is 0. The predicted octanol–water partition coefficient (Wildman–Crippen LogP) is 6.05.